The fourth-order valence-corrected chi connectivity index (χ4v) is 1.67. The zero-order chi connectivity index (χ0) is 11.6. The van der Waals surface area contributed by atoms with E-state index in [4.69, 9.17) is 4.74 Å². The van der Waals surface area contributed by atoms with Gasteiger partial charge in [0.05, 0.1) is 6.61 Å². The lowest BCUT2D eigenvalue weighted by atomic mass is 10.1. The van der Waals surface area contributed by atoms with Crippen molar-refractivity contribution >= 4 is 11.8 Å². The number of nitrogens with one attached hydrogen (secondary N) is 2. The third kappa shape index (κ3) is 2.35. The van der Waals surface area contributed by atoms with Crippen molar-refractivity contribution in [2.45, 2.75) is 31.7 Å². The molecular weight excluding hydrogens is 208 g/mol. The van der Waals surface area contributed by atoms with Gasteiger partial charge in [-0.05, 0) is 25.7 Å². The molecule has 16 heavy (non-hydrogen) atoms. The maximum Gasteiger partial charge on any atom is 0.235 e. The minimum absolute atomic E-state index is 0.0927. The van der Waals surface area contributed by atoms with Gasteiger partial charge in [-0.25, -0.2) is 0 Å². The summed E-state index contributed by atoms with van der Waals surface area (Å²) in [4.78, 5) is 23.7. The minimum Gasteiger partial charge on any atom is -0.383 e. The van der Waals surface area contributed by atoms with Gasteiger partial charge in [-0.2, -0.15) is 0 Å². The summed E-state index contributed by atoms with van der Waals surface area (Å²) in [5, 5.41) is 5.63. The molecule has 2 rings (SSSR count). The fourth-order valence-electron chi connectivity index (χ4n) is 1.67. The van der Waals surface area contributed by atoms with Gasteiger partial charge in [0.25, 0.3) is 0 Å². The van der Waals surface area contributed by atoms with E-state index in [1.165, 1.54) is 0 Å². The molecule has 0 bridgehead atoms. The third-order valence-electron chi connectivity index (χ3n) is 3.12. The molecule has 0 aromatic carbocycles. The quantitative estimate of drug-likeness (QED) is 0.487. The van der Waals surface area contributed by atoms with Crippen molar-refractivity contribution in [3.8, 4) is 0 Å². The second-order valence-electron chi connectivity index (χ2n) is 4.58. The van der Waals surface area contributed by atoms with Gasteiger partial charge in [0.1, 0.15) is 5.41 Å². The lowest BCUT2D eigenvalue weighted by Gasteiger charge is -2.14. The molecule has 2 aliphatic carbocycles. The van der Waals surface area contributed by atoms with Gasteiger partial charge in [0, 0.05) is 19.7 Å². The Hall–Kier alpha value is -1.10. The van der Waals surface area contributed by atoms with Crippen LogP contribution in [0.4, 0.5) is 0 Å². The van der Waals surface area contributed by atoms with Gasteiger partial charge in [0.2, 0.25) is 11.8 Å². The standard InChI is InChI=1S/C11H18N2O3/c1-16-7-6-12-9(14)11(4-5-11)10(15)13-8-2-3-8/h8H,2-7H2,1H3,(H,12,14)(H,13,15). The van der Waals surface area contributed by atoms with E-state index in [0.29, 0.717) is 32.0 Å². The van der Waals surface area contributed by atoms with E-state index in [1.54, 1.807) is 7.11 Å². The first kappa shape index (κ1) is 11.4. The predicted molar refractivity (Wildman–Crippen MR) is 57.7 cm³/mol. The van der Waals surface area contributed by atoms with Crippen LogP contribution in [0.5, 0.6) is 0 Å². The minimum atomic E-state index is -0.768. The molecule has 0 atom stereocenters. The SMILES string of the molecule is COCCNC(=O)C1(C(=O)NC2CC2)CC1. The van der Waals surface area contributed by atoms with Crippen molar-refractivity contribution in [1.82, 2.24) is 10.6 Å². The number of methoxy groups -OCH3 is 1. The molecule has 90 valence electrons. The maximum absolute atomic E-state index is 11.8. The van der Waals surface area contributed by atoms with E-state index in [9.17, 15) is 9.59 Å². The van der Waals surface area contributed by atoms with Crippen molar-refractivity contribution in [1.29, 1.82) is 0 Å². The van der Waals surface area contributed by atoms with Crippen LogP contribution in [0.15, 0.2) is 0 Å². The number of amides is 2. The molecule has 2 aliphatic rings. The molecule has 0 spiro atoms. The van der Waals surface area contributed by atoms with Crippen LogP contribution in [-0.2, 0) is 14.3 Å². The van der Waals surface area contributed by atoms with Crippen molar-refractivity contribution in [2.24, 2.45) is 5.41 Å². The highest BCUT2D eigenvalue weighted by molar-refractivity contribution is 6.08. The number of carbonyl (C=O) groups is 2. The first-order chi connectivity index (χ1) is 7.69. The molecule has 2 N–H and O–H groups in total. The number of hydrogen-bond donors (Lipinski definition) is 2. The molecule has 5 nitrogen and oxygen atoms in total. The van der Waals surface area contributed by atoms with E-state index in [2.05, 4.69) is 10.6 Å². The summed E-state index contributed by atoms with van der Waals surface area (Å²) in [5.41, 5.74) is -0.768. The highest BCUT2D eigenvalue weighted by Gasteiger charge is 2.56. The molecule has 2 fully saturated rings. The van der Waals surface area contributed by atoms with Crippen LogP contribution in [0.1, 0.15) is 25.7 Å². The molecule has 5 heteroatoms. The summed E-state index contributed by atoms with van der Waals surface area (Å²) in [7, 11) is 1.58. The maximum atomic E-state index is 11.8. The first-order valence-corrected chi connectivity index (χ1v) is 5.77. The van der Waals surface area contributed by atoms with Crippen LogP contribution in [0.2, 0.25) is 0 Å². The van der Waals surface area contributed by atoms with Gasteiger partial charge in [-0.3, -0.25) is 9.59 Å². The highest BCUT2D eigenvalue weighted by Crippen LogP contribution is 2.46. The van der Waals surface area contributed by atoms with Crippen molar-refractivity contribution in [2.75, 3.05) is 20.3 Å². The zero-order valence-corrected chi connectivity index (χ0v) is 9.54. The van der Waals surface area contributed by atoms with Crippen LogP contribution < -0.4 is 10.6 Å². The fraction of sp³-hybridized carbons (Fsp3) is 0.818. The number of ether oxygens (including phenoxy) is 1. The number of carbonyl (C=O) groups excluding carboxylic acids is 2. The van der Waals surface area contributed by atoms with E-state index in [1.807, 2.05) is 0 Å². The van der Waals surface area contributed by atoms with E-state index in [0.717, 1.165) is 12.8 Å². The number of rotatable bonds is 6. The average Bonchev–Trinajstić information content (AvgIpc) is 3.12. The third-order valence-corrected chi connectivity index (χ3v) is 3.12. The molecule has 0 aromatic heterocycles. The predicted octanol–water partition coefficient (Wildman–Crippen LogP) is -0.192. The van der Waals surface area contributed by atoms with Crippen LogP contribution in [0.3, 0.4) is 0 Å². The Labute approximate surface area is 94.9 Å². The van der Waals surface area contributed by atoms with Crippen LogP contribution in [-0.4, -0.2) is 38.1 Å². The second kappa shape index (κ2) is 4.41. The first-order valence-electron chi connectivity index (χ1n) is 5.77. The topological polar surface area (TPSA) is 67.4 Å². The molecule has 0 radical (unpaired) electrons. The van der Waals surface area contributed by atoms with Crippen molar-refractivity contribution in [3.63, 3.8) is 0 Å². The average molecular weight is 226 g/mol. The molecule has 2 saturated carbocycles. The van der Waals surface area contributed by atoms with Crippen molar-refractivity contribution in [3.05, 3.63) is 0 Å². The Kier molecular flexibility index (Phi) is 3.14. The van der Waals surface area contributed by atoms with Crippen LogP contribution >= 0.6 is 0 Å². The molecule has 0 heterocycles. The largest absolute Gasteiger partial charge is 0.383 e. The van der Waals surface area contributed by atoms with Gasteiger partial charge < -0.3 is 15.4 Å². The Morgan fingerprint density at radius 2 is 2.00 bits per heavy atom. The monoisotopic (exact) mass is 226 g/mol. The molecule has 0 aliphatic heterocycles. The van der Waals surface area contributed by atoms with E-state index < -0.39 is 5.41 Å². The Morgan fingerprint density at radius 1 is 1.31 bits per heavy atom. The molecule has 2 amide bonds. The Bertz CT molecular complexity index is 296. The summed E-state index contributed by atoms with van der Waals surface area (Å²) in [6, 6.07) is 0.316. The van der Waals surface area contributed by atoms with Crippen LogP contribution in [0.25, 0.3) is 0 Å². The number of hydrogen-bond acceptors (Lipinski definition) is 3. The molecule has 0 unspecified atom stereocenters. The lowest BCUT2D eigenvalue weighted by Crippen LogP contribution is -2.44. The summed E-state index contributed by atoms with van der Waals surface area (Å²) < 4.78 is 4.85. The summed E-state index contributed by atoms with van der Waals surface area (Å²) in [5.74, 6) is -0.243. The van der Waals surface area contributed by atoms with Crippen LogP contribution in [0, 0.1) is 5.41 Å². The highest BCUT2D eigenvalue weighted by atomic mass is 16.5. The Balaban J connectivity index is 1.81. The van der Waals surface area contributed by atoms with E-state index >= 15 is 0 Å². The zero-order valence-electron chi connectivity index (χ0n) is 9.54. The van der Waals surface area contributed by atoms with E-state index in [-0.39, 0.29) is 11.8 Å². The normalized spacial score (nSPS) is 21.3. The summed E-state index contributed by atoms with van der Waals surface area (Å²) >= 11 is 0. The van der Waals surface area contributed by atoms with Crippen molar-refractivity contribution < 1.29 is 14.3 Å². The summed E-state index contributed by atoms with van der Waals surface area (Å²) in [6.45, 7) is 0.944. The smallest absolute Gasteiger partial charge is 0.235 e. The Morgan fingerprint density at radius 3 is 2.50 bits per heavy atom. The van der Waals surface area contributed by atoms with Gasteiger partial charge in [0.15, 0.2) is 0 Å². The molecular formula is C11H18N2O3. The summed E-state index contributed by atoms with van der Waals surface area (Å²) in [6.07, 6.45) is 3.44. The van der Waals surface area contributed by atoms with Gasteiger partial charge >= 0.3 is 0 Å². The van der Waals surface area contributed by atoms with Gasteiger partial charge in [-0.1, -0.05) is 0 Å². The molecule has 0 saturated heterocycles. The second-order valence-corrected chi connectivity index (χ2v) is 4.58. The lowest BCUT2D eigenvalue weighted by molar-refractivity contribution is -0.137. The van der Waals surface area contributed by atoms with Gasteiger partial charge in [-0.15, -0.1) is 0 Å². The molecule has 0 aromatic rings.